The summed E-state index contributed by atoms with van der Waals surface area (Å²) in [4.78, 5) is 0. The van der Waals surface area contributed by atoms with Crippen molar-refractivity contribution in [2.45, 2.75) is 0 Å². The minimum Gasteiger partial charge on any atom is -0.309 e. The van der Waals surface area contributed by atoms with Gasteiger partial charge < -0.3 is 13.7 Å². The molecular weight excluding hydrogens is 818 g/mol. The van der Waals surface area contributed by atoms with Crippen molar-refractivity contribution in [2.75, 3.05) is 0 Å². The average molecular weight is 852 g/mol. The number of hydrogen-bond acceptors (Lipinski definition) is 0. The molecular formula is C54H34IN3. The molecule has 0 aliphatic rings. The highest BCUT2D eigenvalue weighted by molar-refractivity contribution is 14.1. The van der Waals surface area contributed by atoms with Gasteiger partial charge in [-0.3, -0.25) is 0 Å². The maximum absolute atomic E-state index is 2.48. The Labute approximate surface area is 348 Å². The molecule has 3 aromatic heterocycles. The third-order valence-corrected chi connectivity index (χ3v) is 12.8. The second kappa shape index (κ2) is 13.1. The molecule has 0 spiro atoms. The lowest BCUT2D eigenvalue weighted by molar-refractivity contribution is 1.17. The van der Waals surface area contributed by atoms with Crippen LogP contribution >= 0.6 is 22.6 Å². The van der Waals surface area contributed by atoms with Crippen LogP contribution in [0, 0.1) is 3.57 Å². The van der Waals surface area contributed by atoms with Crippen LogP contribution in [0.2, 0.25) is 0 Å². The zero-order valence-corrected chi connectivity index (χ0v) is 33.5. The Morgan fingerprint density at radius 3 is 1.02 bits per heavy atom. The van der Waals surface area contributed by atoms with Crippen molar-refractivity contribution in [3.63, 3.8) is 0 Å². The highest BCUT2D eigenvalue weighted by Gasteiger charge is 2.19. The summed E-state index contributed by atoms with van der Waals surface area (Å²) < 4.78 is 8.41. The topological polar surface area (TPSA) is 14.8 Å². The van der Waals surface area contributed by atoms with E-state index in [1.54, 1.807) is 0 Å². The molecule has 0 bridgehead atoms. The number of benzene rings is 9. The van der Waals surface area contributed by atoms with E-state index in [9.17, 15) is 0 Å². The summed E-state index contributed by atoms with van der Waals surface area (Å²) in [5.74, 6) is 0. The first kappa shape index (κ1) is 33.3. The third kappa shape index (κ3) is 5.04. The second-order valence-corrected chi connectivity index (χ2v) is 16.3. The molecule has 58 heavy (non-hydrogen) atoms. The molecule has 0 radical (unpaired) electrons. The predicted octanol–water partition coefficient (Wildman–Crippen LogP) is 14.9. The summed E-state index contributed by atoms with van der Waals surface area (Å²) in [6.45, 7) is 0. The lowest BCUT2D eigenvalue weighted by Crippen LogP contribution is -1.96. The van der Waals surface area contributed by atoms with Crippen molar-refractivity contribution in [1.29, 1.82) is 0 Å². The summed E-state index contributed by atoms with van der Waals surface area (Å²) in [5.41, 5.74) is 15.6. The van der Waals surface area contributed by atoms with E-state index in [0.717, 1.165) is 0 Å². The van der Waals surface area contributed by atoms with Crippen LogP contribution in [-0.4, -0.2) is 13.7 Å². The maximum atomic E-state index is 2.48. The lowest BCUT2D eigenvalue weighted by Gasteiger charge is -2.11. The first-order valence-electron chi connectivity index (χ1n) is 19.7. The Morgan fingerprint density at radius 2 is 0.586 bits per heavy atom. The fourth-order valence-electron chi connectivity index (χ4n) is 9.29. The molecule has 4 heteroatoms. The van der Waals surface area contributed by atoms with Gasteiger partial charge in [-0.05, 0) is 142 Å². The highest BCUT2D eigenvalue weighted by atomic mass is 127. The van der Waals surface area contributed by atoms with E-state index in [1.165, 1.54) is 108 Å². The highest BCUT2D eigenvalue weighted by Crippen LogP contribution is 2.41. The number of aromatic nitrogens is 3. The molecule has 0 saturated heterocycles. The smallest absolute Gasteiger partial charge is 0.0595 e. The predicted molar refractivity (Wildman–Crippen MR) is 253 cm³/mol. The van der Waals surface area contributed by atoms with Gasteiger partial charge in [0.05, 0.1) is 38.8 Å². The molecule has 0 atom stereocenters. The van der Waals surface area contributed by atoms with Crippen molar-refractivity contribution >= 4 is 88.0 Å². The van der Waals surface area contributed by atoms with E-state index in [4.69, 9.17) is 0 Å². The normalized spacial score (nSPS) is 11.9. The van der Waals surface area contributed by atoms with Crippen LogP contribution in [0.1, 0.15) is 0 Å². The van der Waals surface area contributed by atoms with Gasteiger partial charge in [-0.1, -0.05) is 109 Å². The molecule has 0 fully saturated rings. The van der Waals surface area contributed by atoms with E-state index < -0.39 is 0 Å². The summed E-state index contributed by atoms with van der Waals surface area (Å²) in [7, 11) is 0. The summed E-state index contributed by atoms with van der Waals surface area (Å²) in [5, 5.41) is 7.50. The van der Waals surface area contributed by atoms with Crippen molar-refractivity contribution in [1.82, 2.24) is 13.7 Å². The molecule has 12 rings (SSSR count). The van der Waals surface area contributed by atoms with Crippen molar-refractivity contribution < 1.29 is 0 Å². The Balaban J connectivity index is 1.06. The van der Waals surface area contributed by atoms with Crippen LogP contribution in [-0.2, 0) is 0 Å². The Kier molecular flexibility index (Phi) is 7.50. The van der Waals surface area contributed by atoms with Gasteiger partial charge in [-0.25, -0.2) is 0 Å². The van der Waals surface area contributed by atoms with Crippen LogP contribution in [0.3, 0.4) is 0 Å². The monoisotopic (exact) mass is 851 g/mol. The fraction of sp³-hybridized carbons (Fsp3) is 0. The first-order chi connectivity index (χ1) is 28.7. The van der Waals surface area contributed by atoms with Crippen LogP contribution in [0.25, 0.3) is 105 Å². The SMILES string of the molecule is Ic1ccccc1-n1c2ccc(-c3ccc4c(c3)c3ccccc3n4-c3ccccc3)cc2c2cc(-c3ccc4c(c3)c3ccccc3n4-c3ccccc3)ccc21. The molecule has 0 unspecified atom stereocenters. The molecule has 0 N–H and O–H groups in total. The molecule has 272 valence electrons. The van der Waals surface area contributed by atoms with Gasteiger partial charge in [-0.15, -0.1) is 0 Å². The molecule has 12 aromatic rings. The van der Waals surface area contributed by atoms with Crippen molar-refractivity contribution in [2.24, 2.45) is 0 Å². The van der Waals surface area contributed by atoms with E-state index in [1.807, 2.05) is 0 Å². The van der Waals surface area contributed by atoms with Crippen molar-refractivity contribution in [3.8, 4) is 39.3 Å². The van der Waals surface area contributed by atoms with Gasteiger partial charge in [0.1, 0.15) is 0 Å². The quantitative estimate of drug-likeness (QED) is 0.153. The summed E-state index contributed by atoms with van der Waals surface area (Å²) in [6.07, 6.45) is 0. The van der Waals surface area contributed by atoms with Gasteiger partial charge >= 0.3 is 0 Å². The molecule has 0 saturated carbocycles. The fourth-order valence-corrected chi connectivity index (χ4v) is 9.92. The van der Waals surface area contributed by atoms with Crippen LogP contribution in [0.4, 0.5) is 0 Å². The van der Waals surface area contributed by atoms with E-state index in [0.29, 0.717) is 0 Å². The maximum Gasteiger partial charge on any atom is 0.0595 e. The van der Waals surface area contributed by atoms with Gasteiger partial charge in [0.2, 0.25) is 0 Å². The molecule has 0 aliphatic carbocycles. The van der Waals surface area contributed by atoms with Gasteiger partial charge in [-0.2, -0.15) is 0 Å². The second-order valence-electron chi connectivity index (χ2n) is 15.1. The minimum atomic E-state index is 1.17. The number of nitrogens with zero attached hydrogens (tertiary/aromatic N) is 3. The zero-order valence-electron chi connectivity index (χ0n) is 31.3. The molecule has 9 aromatic carbocycles. The number of halogens is 1. The lowest BCUT2D eigenvalue weighted by atomic mass is 9.98. The van der Waals surface area contributed by atoms with Crippen LogP contribution in [0.15, 0.2) is 206 Å². The molecule has 3 heterocycles. The number of fused-ring (bicyclic) bond motifs is 9. The molecule has 3 nitrogen and oxygen atoms in total. The number of hydrogen-bond donors (Lipinski definition) is 0. The van der Waals surface area contributed by atoms with E-state index in [-0.39, 0.29) is 0 Å². The van der Waals surface area contributed by atoms with Crippen LogP contribution < -0.4 is 0 Å². The third-order valence-electron chi connectivity index (χ3n) is 11.9. The average Bonchev–Trinajstić information content (AvgIpc) is 3.92. The standard InChI is InChI=1S/C54H34IN3/c55-47-19-9-12-22-54(47)58-52-29-25-37(35-23-27-50-43(31-35)41-17-7-10-20-48(41)56(50)39-13-3-1-4-14-39)33-45(52)46-34-38(26-30-53(46)58)36-24-28-51-44(32-36)42-18-8-11-21-49(42)57(51)40-15-5-2-6-16-40/h1-34H. The van der Waals surface area contributed by atoms with Crippen molar-refractivity contribution in [3.05, 3.63) is 210 Å². The van der Waals surface area contributed by atoms with Gasteiger partial charge in [0.25, 0.3) is 0 Å². The number of para-hydroxylation sites is 5. The minimum absolute atomic E-state index is 1.17. The Hall–Kier alpha value is -6.89. The Morgan fingerprint density at radius 1 is 0.259 bits per heavy atom. The van der Waals surface area contributed by atoms with Gasteiger partial charge in [0.15, 0.2) is 0 Å². The first-order valence-corrected chi connectivity index (χ1v) is 20.8. The largest absolute Gasteiger partial charge is 0.309 e. The van der Waals surface area contributed by atoms with Gasteiger partial charge in [0, 0.05) is 47.3 Å². The number of rotatable bonds is 5. The van der Waals surface area contributed by atoms with Crippen LogP contribution in [0.5, 0.6) is 0 Å². The molecule has 0 aliphatic heterocycles. The molecule has 0 amide bonds. The van der Waals surface area contributed by atoms with E-state index >= 15 is 0 Å². The van der Waals surface area contributed by atoms with E-state index in [2.05, 4.69) is 243 Å². The zero-order chi connectivity index (χ0) is 38.3. The summed E-state index contributed by atoms with van der Waals surface area (Å²) in [6, 6.07) is 75.5. The Bertz CT molecular complexity index is 3360. The summed E-state index contributed by atoms with van der Waals surface area (Å²) >= 11 is 2.48.